The van der Waals surface area contributed by atoms with Crippen LogP contribution in [0.2, 0.25) is 0 Å². The highest BCUT2D eigenvalue weighted by atomic mass is 16.5. The summed E-state index contributed by atoms with van der Waals surface area (Å²) in [5.74, 6) is 1.60. The maximum atomic E-state index is 8.74. The van der Waals surface area contributed by atoms with E-state index < -0.39 is 0 Å². The predicted octanol–water partition coefficient (Wildman–Crippen LogP) is 3.33. The number of hydrogen-bond donors (Lipinski definition) is 2. The van der Waals surface area contributed by atoms with Crippen molar-refractivity contribution in [3.05, 3.63) is 41.9 Å². The molecule has 2 fully saturated rings. The molecule has 2 heterocycles. The van der Waals surface area contributed by atoms with E-state index in [1.165, 1.54) is 0 Å². The van der Waals surface area contributed by atoms with Gasteiger partial charge in [0.05, 0.1) is 11.4 Å². The van der Waals surface area contributed by atoms with Crippen molar-refractivity contribution >= 4 is 17.2 Å². The van der Waals surface area contributed by atoms with Gasteiger partial charge in [-0.05, 0) is 58.7 Å². The Bertz CT molecular complexity index is 939. The Labute approximate surface area is 178 Å². The lowest BCUT2D eigenvalue weighted by molar-refractivity contribution is 0.148. The zero-order valence-corrected chi connectivity index (χ0v) is 18.4. The summed E-state index contributed by atoms with van der Waals surface area (Å²) in [6.07, 6.45) is 3.66. The molecule has 1 aromatic carbocycles. The van der Waals surface area contributed by atoms with Crippen LogP contribution in [-0.4, -0.2) is 57.9 Å². The van der Waals surface area contributed by atoms with E-state index in [1.54, 1.807) is 12.4 Å². The van der Waals surface area contributed by atoms with Crippen LogP contribution in [0.4, 0.5) is 11.5 Å². The Hall–Kier alpha value is -2.67. The molecule has 4 rings (SSSR count). The summed E-state index contributed by atoms with van der Waals surface area (Å²) in [7, 11) is 0. The van der Waals surface area contributed by atoms with Crippen LogP contribution in [0.1, 0.15) is 51.8 Å². The van der Waals surface area contributed by atoms with E-state index in [-0.39, 0.29) is 11.3 Å². The molecule has 30 heavy (non-hydrogen) atoms. The summed E-state index contributed by atoms with van der Waals surface area (Å²) >= 11 is 0. The SMILES string of the molecule is CC(C)N1CCN(c2cc(C(=N)c3cc(OC4(C)CC4)ccc3N)ncn2)C[C@H]1C. The standard InChI is InChI=1S/C23H32N6O/c1-15(2)29-10-9-28(13-16(29)3)21-12-20(26-14-27-21)22(25)18-11-17(5-6-19(18)24)30-23(4)7-8-23/h5-6,11-12,14-16,25H,7-10,13,24H2,1-4H3/t16-/m1/s1. The van der Waals surface area contributed by atoms with Crippen molar-refractivity contribution in [2.45, 2.75) is 58.2 Å². The number of anilines is 2. The van der Waals surface area contributed by atoms with Gasteiger partial charge < -0.3 is 15.4 Å². The highest BCUT2D eigenvalue weighted by Crippen LogP contribution is 2.40. The van der Waals surface area contributed by atoms with Crippen LogP contribution in [0.3, 0.4) is 0 Å². The van der Waals surface area contributed by atoms with Crippen molar-refractivity contribution in [2.24, 2.45) is 0 Å². The van der Waals surface area contributed by atoms with Gasteiger partial charge in [-0.15, -0.1) is 0 Å². The second kappa shape index (κ2) is 7.87. The van der Waals surface area contributed by atoms with E-state index in [4.69, 9.17) is 15.9 Å². The van der Waals surface area contributed by atoms with Crippen molar-refractivity contribution in [1.29, 1.82) is 5.41 Å². The monoisotopic (exact) mass is 408 g/mol. The van der Waals surface area contributed by atoms with Gasteiger partial charge in [-0.2, -0.15) is 0 Å². The summed E-state index contributed by atoms with van der Waals surface area (Å²) in [6.45, 7) is 11.7. The number of hydrogen-bond acceptors (Lipinski definition) is 7. The molecule has 2 aliphatic rings. The van der Waals surface area contributed by atoms with E-state index in [0.717, 1.165) is 44.0 Å². The first-order valence-corrected chi connectivity index (χ1v) is 10.8. The quantitative estimate of drug-likeness (QED) is 0.563. The van der Waals surface area contributed by atoms with Crippen molar-refractivity contribution < 1.29 is 4.74 Å². The van der Waals surface area contributed by atoms with Gasteiger partial charge in [-0.25, -0.2) is 9.97 Å². The van der Waals surface area contributed by atoms with Crippen LogP contribution in [0.25, 0.3) is 0 Å². The summed E-state index contributed by atoms with van der Waals surface area (Å²) in [5.41, 5.74) is 8.16. The van der Waals surface area contributed by atoms with E-state index >= 15 is 0 Å². The molecule has 1 aromatic heterocycles. The third kappa shape index (κ3) is 4.26. The molecule has 1 aliphatic carbocycles. The van der Waals surface area contributed by atoms with Gasteiger partial charge >= 0.3 is 0 Å². The smallest absolute Gasteiger partial charge is 0.132 e. The lowest BCUT2D eigenvalue weighted by Gasteiger charge is -2.42. The summed E-state index contributed by atoms with van der Waals surface area (Å²) in [6, 6.07) is 8.41. The Balaban J connectivity index is 1.54. The zero-order chi connectivity index (χ0) is 21.5. The maximum Gasteiger partial charge on any atom is 0.132 e. The minimum Gasteiger partial charge on any atom is -0.488 e. The number of nitrogen functional groups attached to an aromatic ring is 1. The number of piperazine rings is 1. The first kappa shape index (κ1) is 20.6. The Morgan fingerprint density at radius 3 is 2.67 bits per heavy atom. The molecule has 1 aliphatic heterocycles. The van der Waals surface area contributed by atoms with E-state index in [2.05, 4.69) is 47.5 Å². The first-order chi connectivity index (χ1) is 14.3. The number of nitrogens with zero attached hydrogens (tertiary/aromatic N) is 4. The largest absolute Gasteiger partial charge is 0.488 e. The molecule has 1 atom stereocenters. The maximum absolute atomic E-state index is 8.74. The number of rotatable bonds is 6. The molecule has 7 nitrogen and oxygen atoms in total. The molecule has 7 heteroatoms. The second-order valence-corrected chi connectivity index (χ2v) is 9.06. The third-order valence-electron chi connectivity index (χ3n) is 6.19. The summed E-state index contributed by atoms with van der Waals surface area (Å²) in [5, 5.41) is 8.74. The lowest BCUT2D eigenvalue weighted by Crippen LogP contribution is -2.54. The van der Waals surface area contributed by atoms with Crippen LogP contribution >= 0.6 is 0 Å². The summed E-state index contributed by atoms with van der Waals surface area (Å²) < 4.78 is 6.06. The van der Waals surface area contributed by atoms with E-state index in [0.29, 0.717) is 29.0 Å². The van der Waals surface area contributed by atoms with Crippen LogP contribution in [0.5, 0.6) is 5.75 Å². The van der Waals surface area contributed by atoms with Crippen molar-refractivity contribution in [3.8, 4) is 5.75 Å². The number of nitrogens with one attached hydrogen (secondary N) is 1. The van der Waals surface area contributed by atoms with E-state index in [9.17, 15) is 0 Å². The first-order valence-electron chi connectivity index (χ1n) is 10.8. The minimum absolute atomic E-state index is 0.0769. The van der Waals surface area contributed by atoms with Gasteiger partial charge in [-0.3, -0.25) is 10.3 Å². The van der Waals surface area contributed by atoms with Crippen LogP contribution in [-0.2, 0) is 0 Å². The Morgan fingerprint density at radius 2 is 2.00 bits per heavy atom. The average molecular weight is 409 g/mol. The normalized spacial score (nSPS) is 21.0. The zero-order valence-electron chi connectivity index (χ0n) is 18.4. The van der Waals surface area contributed by atoms with Crippen molar-refractivity contribution in [3.63, 3.8) is 0 Å². The van der Waals surface area contributed by atoms with E-state index in [1.807, 2.05) is 18.2 Å². The molecule has 3 N–H and O–H groups in total. The number of aromatic nitrogens is 2. The Kier molecular flexibility index (Phi) is 5.40. The molecule has 0 amide bonds. The molecule has 1 saturated heterocycles. The molecule has 2 aromatic rings. The molecule has 160 valence electrons. The predicted molar refractivity (Wildman–Crippen MR) is 121 cm³/mol. The molecule has 1 saturated carbocycles. The molecule has 0 unspecified atom stereocenters. The van der Waals surface area contributed by atoms with Gasteiger partial charge in [0, 0.05) is 49.0 Å². The van der Waals surface area contributed by atoms with Crippen molar-refractivity contribution in [2.75, 3.05) is 30.3 Å². The Morgan fingerprint density at radius 1 is 1.23 bits per heavy atom. The van der Waals surface area contributed by atoms with Crippen LogP contribution in [0.15, 0.2) is 30.6 Å². The van der Waals surface area contributed by atoms with Gasteiger partial charge in [0.2, 0.25) is 0 Å². The highest BCUT2D eigenvalue weighted by Gasteiger charge is 2.40. The van der Waals surface area contributed by atoms with Gasteiger partial charge in [0.1, 0.15) is 23.5 Å². The lowest BCUT2D eigenvalue weighted by atomic mass is 10.0. The molecule has 0 spiro atoms. The van der Waals surface area contributed by atoms with Gasteiger partial charge in [-0.1, -0.05) is 0 Å². The third-order valence-corrected chi connectivity index (χ3v) is 6.19. The fraction of sp³-hybridized carbons (Fsp3) is 0.522. The number of benzene rings is 1. The minimum atomic E-state index is -0.0769. The molecular formula is C23H32N6O. The van der Waals surface area contributed by atoms with Crippen molar-refractivity contribution in [1.82, 2.24) is 14.9 Å². The number of ether oxygens (including phenoxy) is 1. The fourth-order valence-electron chi connectivity index (χ4n) is 4.12. The van der Waals surface area contributed by atoms with Crippen LogP contribution in [0, 0.1) is 5.41 Å². The second-order valence-electron chi connectivity index (χ2n) is 9.06. The van der Waals surface area contributed by atoms with Gasteiger partial charge in [0.25, 0.3) is 0 Å². The average Bonchev–Trinajstić information content (AvgIpc) is 3.45. The van der Waals surface area contributed by atoms with Crippen LogP contribution < -0.4 is 15.4 Å². The van der Waals surface area contributed by atoms with Gasteiger partial charge in [0.15, 0.2) is 0 Å². The molecule has 0 radical (unpaired) electrons. The highest BCUT2D eigenvalue weighted by molar-refractivity contribution is 6.13. The topological polar surface area (TPSA) is 91.4 Å². The molecule has 0 bridgehead atoms. The fourth-order valence-corrected chi connectivity index (χ4v) is 4.12. The molecular weight excluding hydrogens is 376 g/mol. The number of nitrogens with two attached hydrogens (primary N) is 1. The summed E-state index contributed by atoms with van der Waals surface area (Å²) in [4.78, 5) is 13.6.